The second-order valence-corrected chi connectivity index (χ2v) is 10.9. The summed E-state index contributed by atoms with van der Waals surface area (Å²) in [6, 6.07) is 0. The van der Waals surface area contributed by atoms with Gasteiger partial charge in [0.25, 0.3) is 5.91 Å². The predicted octanol–water partition coefficient (Wildman–Crippen LogP) is -2.12. The quantitative estimate of drug-likeness (QED) is 0.101. The second kappa shape index (κ2) is 15.0. The molecule has 2 fully saturated rings. The number of amides is 1. The van der Waals surface area contributed by atoms with Crippen LogP contribution in [0.5, 0.6) is 5.88 Å². The number of nitrogen functional groups attached to an aromatic ring is 1. The number of hydrogen-bond donors (Lipinski definition) is 9. The molecule has 0 radical (unpaired) electrons. The Morgan fingerprint density at radius 2 is 1.31 bits per heavy atom. The summed E-state index contributed by atoms with van der Waals surface area (Å²) in [5.41, 5.74) is 18.6. The van der Waals surface area contributed by atoms with Crippen LogP contribution in [-0.4, -0.2) is 123 Å². The zero-order valence-electron chi connectivity index (χ0n) is 27.1. The van der Waals surface area contributed by atoms with Crippen molar-refractivity contribution in [1.29, 1.82) is 0 Å². The molecule has 0 aliphatic carbocycles. The Morgan fingerprint density at radius 1 is 0.833 bits per heavy atom. The fourth-order valence-corrected chi connectivity index (χ4v) is 5.68. The van der Waals surface area contributed by atoms with Crippen molar-refractivity contribution >= 4 is 33.8 Å². The highest BCUT2D eigenvalue weighted by molar-refractivity contribution is 6.07. The zero-order chi connectivity index (χ0) is 35.6. The van der Waals surface area contributed by atoms with Gasteiger partial charge in [-0.2, -0.15) is 4.98 Å². The van der Waals surface area contributed by atoms with Gasteiger partial charge < -0.3 is 71.2 Å². The number of carbonyl (C=O) groups excluding carboxylic acids is 1. The number of fused-ring (bicyclic) bond motifs is 2. The highest BCUT2D eigenvalue weighted by Gasteiger charge is 2.45. The molecule has 12 N–H and O–H groups in total. The third-order valence-electron chi connectivity index (χ3n) is 7.90. The van der Waals surface area contributed by atoms with Crippen LogP contribution in [0.15, 0.2) is 12.4 Å². The number of aliphatic hydroxyl groups excluding tert-OH is 6. The van der Waals surface area contributed by atoms with Crippen LogP contribution >= 0.6 is 0 Å². The molecule has 0 unspecified atom stereocenters. The maximum atomic E-state index is 11.8. The van der Waals surface area contributed by atoms with E-state index in [1.54, 1.807) is 24.6 Å². The molecule has 8 atom stereocenters. The highest BCUT2D eigenvalue weighted by Crippen LogP contribution is 2.37. The number of aryl methyl sites for hydroxylation is 2. The van der Waals surface area contributed by atoms with E-state index in [4.69, 9.17) is 31.4 Å². The van der Waals surface area contributed by atoms with Crippen LogP contribution in [0.4, 0.5) is 5.82 Å². The molecule has 1 amide bonds. The number of aliphatic hydroxyl groups is 6. The number of anilines is 1. The monoisotopic (exact) mass is 677 g/mol. The summed E-state index contributed by atoms with van der Waals surface area (Å²) in [5, 5.41) is 59.6. The summed E-state index contributed by atoms with van der Waals surface area (Å²) in [4.78, 5) is 28.6. The largest absolute Gasteiger partial charge is 0.480 e. The van der Waals surface area contributed by atoms with Gasteiger partial charge in [0, 0.05) is 18.9 Å². The van der Waals surface area contributed by atoms with Gasteiger partial charge in [-0.25, -0.2) is 15.0 Å². The van der Waals surface area contributed by atoms with Crippen LogP contribution in [0.25, 0.3) is 22.1 Å². The van der Waals surface area contributed by atoms with Gasteiger partial charge in [0.1, 0.15) is 59.7 Å². The van der Waals surface area contributed by atoms with E-state index < -0.39 is 68.2 Å². The van der Waals surface area contributed by atoms with Crippen molar-refractivity contribution in [2.75, 3.05) is 26.1 Å². The molecule has 48 heavy (non-hydrogen) atoms. The lowest BCUT2D eigenvalue weighted by molar-refractivity contribution is -0.0509. The SMILES string of the molecule is CC.COc1nc(C)nc2c1c(C(N)=O)cn2[C@@H]1O[C@H](CO)[C@@H](O)[C@H]1O.Cc1nc(N)c2c(CN)cn([C@@H]3O[C@H](CO)[C@@H](O)[C@H]3O)c2n1. The normalized spacial score (nSPS) is 26.7. The average molecular weight is 678 g/mol. The van der Waals surface area contributed by atoms with Crippen LogP contribution in [0.1, 0.15) is 53.9 Å². The summed E-state index contributed by atoms with van der Waals surface area (Å²) in [6.07, 6.45) is -5.69. The molecule has 2 aliphatic rings. The third-order valence-corrected chi connectivity index (χ3v) is 7.90. The Bertz CT molecular complexity index is 1750. The van der Waals surface area contributed by atoms with Gasteiger partial charge in [0.15, 0.2) is 18.1 Å². The van der Waals surface area contributed by atoms with Crippen molar-refractivity contribution in [3.63, 3.8) is 0 Å². The summed E-state index contributed by atoms with van der Waals surface area (Å²) in [7, 11) is 1.40. The number of ether oxygens (including phenoxy) is 3. The van der Waals surface area contributed by atoms with Crippen LogP contribution in [0.2, 0.25) is 0 Å². The van der Waals surface area contributed by atoms with Crippen LogP contribution in [-0.2, 0) is 16.0 Å². The van der Waals surface area contributed by atoms with E-state index in [1.165, 1.54) is 17.9 Å². The fraction of sp³-hybridized carbons (Fsp3) is 0.552. The first-order chi connectivity index (χ1) is 22.9. The number of primary amides is 1. The van der Waals surface area contributed by atoms with Gasteiger partial charge in [-0.3, -0.25) is 4.79 Å². The van der Waals surface area contributed by atoms with Gasteiger partial charge in [-0.1, -0.05) is 13.8 Å². The van der Waals surface area contributed by atoms with Crippen molar-refractivity contribution in [1.82, 2.24) is 29.1 Å². The van der Waals surface area contributed by atoms with E-state index in [2.05, 4.69) is 19.9 Å². The fourth-order valence-electron chi connectivity index (χ4n) is 5.68. The lowest BCUT2D eigenvalue weighted by atomic mass is 10.1. The van der Waals surface area contributed by atoms with Crippen molar-refractivity contribution < 1.29 is 49.6 Å². The Balaban J connectivity index is 0.000000207. The third kappa shape index (κ3) is 6.51. The molecule has 19 heteroatoms. The number of carbonyl (C=O) groups is 1. The van der Waals surface area contributed by atoms with Crippen LogP contribution in [0, 0.1) is 13.8 Å². The van der Waals surface area contributed by atoms with Gasteiger partial charge in [0.05, 0.1) is 36.7 Å². The average Bonchev–Trinajstić information content (AvgIpc) is 3.79. The van der Waals surface area contributed by atoms with E-state index in [0.29, 0.717) is 34.1 Å². The van der Waals surface area contributed by atoms with E-state index in [1.807, 2.05) is 13.8 Å². The van der Waals surface area contributed by atoms with Crippen molar-refractivity contribution in [2.45, 2.75) is 83.3 Å². The summed E-state index contributed by atoms with van der Waals surface area (Å²) >= 11 is 0. The first-order valence-corrected chi connectivity index (χ1v) is 15.2. The van der Waals surface area contributed by atoms with E-state index in [9.17, 15) is 35.4 Å². The van der Waals surface area contributed by atoms with Crippen molar-refractivity contribution in [3.05, 3.63) is 35.2 Å². The summed E-state index contributed by atoms with van der Waals surface area (Å²) < 4.78 is 19.2. The van der Waals surface area contributed by atoms with Gasteiger partial charge in [-0.15, -0.1) is 0 Å². The molecule has 6 heterocycles. The maximum absolute atomic E-state index is 11.8. The van der Waals surface area contributed by atoms with Crippen molar-refractivity contribution in [3.8, 4) is 5.88 Å². The molecule has 6 rings (SSSR count). The minimum atomic E-state index is -1.32. The van der Waals surface area contributed by atoms with E-state index in [-0.39, 0.29) is 29.0 Å². The Kier molecular flexibility index (Phi) is 11.5. The number of nitrogens with zero attached hydrogens (tertiary/aromatic N) is 6. The number of hydrogen-bond acceptors (Lipinski definition) is 16. The minimum absolute atomic E-state index is 0.0968. The van der Waals surface area contributed by atoms with Crippen LogP contribution < -0.4 is 21.9 Å². The minimum Gasteiger partial charge on any atom is -0.480 e. The smallest absolute Gasteiger partial charge is 0.251 e. The first kappa shape index (κ1) is 36.8. The maximum Gasteiger partial charge on any atom is 0.251 e. The number of nitrogens with two attached hydrogens (primary N) is 3. The topological polar surface area (TPSA) is 306 Å². The molecule has 0 bridgehead atoms. The molecular formula is C29H43N9O10. The molecule has 0 spiro atoms. The summed E-state index contributed by atoms with van der Waals surface area (Å²) in [6.45, 7) is 6.70. The Hall–Kier alpha value is -4.05. The molecular weight excluding hydrogens is 634 g/mol. The lowest BCUT2D eigenvalue weighted by Gasteiger charge is -2.17. The number of methoxy groups -OCH3 is 1. The Morgan fingerprint density at radius 3 is 1.75 bits per heavy atom. The zero-order valence-corrected chi connectivity index (χ0v) is 27.1. The highest BCUT2D eigenvalue weighted by atomic mass is 16.6. The van der Waals surface area contributed by atoms with E-state index >= 15 is 0 Å². The number of rotatable bonds is 7. The molecule has 2 saturated heterocycles. The molecule has 19 nitrogen and oxygen atoms in total. The second-order valence-electron chi connectivity index (χ2n) is 10.9. The Labute approximate surface area is 274 Å². The lowest BCUT2D eigenvalue weighted by Crippen LogP contribution is -2.33. The first-order valence-electron chi connectivity index (χ1n) is 15.2. The standard InChI is InChI=1S/C14H18N4O6.C13H19N5O4.C2H6/c1-5-16-12-8(13(17-5)23-2)6(11(15)22)3-18(12)14-10(21)9(20)7(4-19)24-14;1-5-16-11(15)8-6(2-14)3-18(12(8)17-5)13-10(21)9(20)7(4-19)22-13;1-2/h3,7,9-10,14,19-21H,4H2,1-2H3,(H2,15,22);3,7,9-10,13,19-21H,2,4,14H2,1H3,(H2,15,16,17);1-2H3/t7-,9-,10-,14-;7-,9-,10-,13-;/m11./s1. The molecule has 264 valence electrons. The van der Waals surface area contributed by atoms with E-state index in [0.717, 1.165) is 0 Å². The predicted molar refractivity (Wildman–Crippen MR) is 169 cm³/mol. The molecule has 2 aliphatic heterocycles. The number of aromatic nitrogens is 6. The van der Waals surface area contributed by atoms with Crippen LogP contribution in [0.3, 0.4) is 0 Å². The molecule has 4 aromatic heterocycles. The van der Waals surface area contributed by atoms with Crippen molar-refractivity contribution in [2.24, 2.45) is 11.5 Å². The van der Waals surface area contributed by atoms with Gasteiger partial charge in [0.2, 0.25) is 5.88 Å². The van der Waals surface area contributed by atoms with Gasteiger partial charge in [-0.05, 0) is 19.4 Å². The van der Waals surface area contributed by atoms with Gasteiger partial charge >= 0.3 is 0 Å². The molecule has 4 aromatic rings. The molecule has 0 saturated carbocycles. The summed E-state index contributed by atoms with van der Waals surface area (Å²) in [5.74, 6) is 0.586. The molecule has 0 aromatic carbocycles.